The molecule has 3 nitrogen and oxygen atoms in total. The Hall–Kier alpha value is -0.710. The molecule has 1 aliphatic heterocycles. The molecule has 116 valence electrons. The number of hydrogen-bond acceptors (Lipinski definition) is 2. The van der Waals surface area contributed by atoms with Crippen LogP contribution in [0.3, 0.4) is 0 Å². The Balaban J connectivity index is 1.86. The molecule has 2 aliphatic rings. The Bertz CT molecular complexity index is 336. The van der Waals surface area contributed by atoms with Gasteiger partial charge in [0.05, 0.1) is 0 Å². The molecule has 0 unspecified atom stereocenters. The van der Waals surface area contributed by atoms with Gasteiger partial charge >= 0.3 is 0 Å². The molecule has 1 heterocycles. The van der Waals surface area contributed by atoms with Gasteiger partial charge in [-0.1, -0.05) is 6.92 Å². The van der Waals surface area contributed by atoms with Gasteiger partial charge in [0.2, 0.25) is 11.8 Å². The van der Waals surface area contributed by atoms with E-state index < -0.39 is 5.92 Å². The number of halogens is 2. The summed E-state index contributed by atoms with van der Waals surface area (Å²) in [5.74, 6) is -2.76. The standard InChI is InChI=1S/C15H25F2NO2/c1-2-14(11-19)7-9-18(10-8-14)13(20)12-3-5-15(16,17)6-4-12/h12,19H,2-11H2,1H3. The van der Waals surface area contributed by atoms with Gasteiger partial charge in [-0.3, -0.25) is 4.79 Å². The average Bonchev–Trinajstić information content (AvgIpc) is 2.47. The number of carbonyl (C=O) groups is 1. The Kier molecular flexibility index (Phi) is 4.67. The van der Waals surface area contributed by atoms with E-state index in [1.54, 1.807) is 0 Å². The first-order chi connectivity index (χ1) is 9.41. The first-order valence-electron chi connectivity index (χ1n) is 7.69. The van der Waals surface area contributed by atoms with Crippen molar-refractivity contribution < 1.29 is 18.7 Å². The lowest BCUT2D eigenvalue weighted by Crippen LogP contribution is -2.47. The van der Waals surface area contributed by atoms with Crippen molar-refractivity contribution in [1.82, 2.24) is 4.90 Å². The van der Waals surface area contributed by atoms with E-state index in [2.05, 4.69) is 6.92 Å². The van der Waals surface area contributed by atoms with E-state index in [0.717, 1.165) is 19.3 Å². The van der Waals surface area contributed by atoms with Gasteiger partial charge in [-0.15, -0.1) is 0 Å². The van der Waals surface area contributed by atoms with Gasteiger partial charge in [-0.2, -0.15) is 0 Å². The van der Waals surface area contributed by atoms with Crippen molar-refractivity contribution in [1.29, 1.82) is 0 Å². The summed E-state index contributed by atoms with van der Waals surface area (Å²) >= 11 is 0. The van der Waals surface area contributed by atoms with Crippen molar-refractivity contribution in [3.8, 4) is 0 Å². The number of aliphatic hydroxyl groups excluding tert-OH is 1. The summed E-state index contributed by atoms with van der Waals surface area (Å²) in [5, 5.41) is 9.49. The van der Waals surface area contributed by atoms with Crippen molar-refractivity contribution in [3.05, 3.63) is 0 Å². The molecule has 0 bridgehead atoms. The summed E-state index contributed by atoms with van der Waals surface area (Å²) < 4.78 is 26.2. The van der Waals surface area contributed by atoms with Gasteiger partial charge in [-0.05, 0) is 37.5 Å². The largest absolute Gasteiger partial charge is 0.396 e. The molecule has 0 spiro atoms. The van der Waals surface area contributed by atoms with Crippen LogP contribution < -0.4 is 0 Å². The summed E-state index contributed by atoms with van der Waals surface area (Å²) in [6.45, 7) is 3.54. The lowest BCUT2D eigenvalue weighted by molar-refractivity contribution is -0.142. The normalized spacial score (nSPS) is 26.5. The van der Waals surface area contributed by atoms with Crippen LogP contribution in [0.1, 0.15) is 51.9 Å². The Morgan fingerprint density at radius 3 is 2.20 bits per heavy atom. The lowest BCUT2D eigenvalue weighted by Gasteiger charge is -2.42. The van der Waals surface area contributed by atoms with E-state index in [4.69, 9.17) is 0 Å². The van der Waals surface area contributed by atoms with Crippen LogP contribution in [0.2, 0.25) is 0 Å². The fraction of sp³-hybridized carbons (Fsp3) is 0.933. The highest BCUT2D eigenvalue weighted by molar-refractivity contribution is 5.79. The minimum Gasteiger partial charge on any atom is -0.396 e. The molecule has 1 saturated heterocycles. The van der Waals surface area contributed by atoms with Crippen molar-refractivity contribution in [2.75, 3.05) is 19.7 Å². The molecular formula is C15H25F2NO2. The number of alkyl halides is 2. The number of carbonyl (C=O) groups excluding carboxylic acids is 1. The molecule has 0 atom stereocenters. The molecule has 1 N–H and O–H groups in total. The van der Waals surface area contributed by atoms with Crippen LogP contribution in [0, 0.1) is 11.3 Å². The molecule has 20 heavy (non-hydrogen) atoms. The van der Waals surface area contributed by atoms with Crippen LogP contribution >= 0.6 is 0 Å². The van der Waals surface area contributed by atoms with Crippen molar-refractivity contribution in [2.45, 2.75) is 57.8 Å². The molecule has 0 aromatic rings. The maximum atomic E-state index is 13.1. The molecule has 1 aliphatic carbocycles. The van der Waals surface area contributed by atoms with Crippen LogP contribution in [0.15, 0.2) is 0 Å². The number of amides is 1. The second kappa shape index (κ2) is 5.96. The minimum atomic E-state index is -2.58. The Labute approximate surface area is 119 Å². The number of nitrogens with zero attached hydrogens (tertiary/aromatic N) is 1. The highest BCUT2D eigenvalue weighted by Crippen LogP contribution is 2.39. The highest BCUT2D eigenvalue weighted by Gasteiger charge is 2.40. The number of hydrogen-bond donors (Lipinski definition) is 1. The second-order valence-electron chi connectivity index (χ2n) is 6.47. The smallest absolute Gasteiger partial charge is 0.248 e. The van der Waals surface area contributed by atoms with E-state index in [0.29, 0.717) is 25.9 Å². The van der Waals surface area contributed by atoms with Gasteiger partial charge in [0.15, 0.2) is 0 Å². The zero-order valence-electron chi connectivity index (χ0n) is 12.2. The Morgan fingerprint density at radius 2 is 1.75 bits per heavy atom. The van der Waals surface area contributed by atoms with Crippen molar-refractivity contribution >= 4 is 5.91 Å². The van der Waals surface area contributed by atoms with Crippen molar-refractivity contribution in [2.24, 2.45) is 11.3 Å². The van der Waals surface area contributed by atoms with Crippen LogP contribution in [0.4, 0.5) is 8.78 Å². The average molecular weight is 289 g/mol. The summed E-state index contributed by atoms with van der Waals surface area (Å²) in [5.41, 5.74) is -0.0453. The monoisotopic (exact) mass is 289 g/mol. The summed E-state index contributed by atoms with van der Waals surface area (Å²) in [6.07, 6.45) is 2.84. The van der Waals surface area contributed by atoms with Gasteiger partial charge in [0, 0.05) is 38.5 Å². The molecule has 0 aromatic carbocycles. The highest BCUT2D eigenvalue weighted by atomic mass is 19.3. The first-order valence-corrected chi connectivity index (χ1v) is 7.69. The van der Waals surface area contributed by atoms with E-state index >= 15 is 0 Å². The molecular weight excluding hydrogens is 264 g/mol. The maximum absolute atomic E-state index is 13.1. The van der Waals surface area contributed by atoms with E-state index in [1.165, 1.54) is 0 Å². The first kappa shape index (κ1) is 15.7. The quantitative estimate of drug-likeness (QED) is 0.868. The Morgan fingerprint density at radius 1 is 1.20 bits per heavy atom. The van der Waals surface area contributed by atoms with Gasteiger partial charge in [0.1, 0.15) is 0 Å². The predicted octanol–water partition coefficient (Wildman–Crippen LogP) is 2.82. The summed E-state index contributed by atoms with van der Waals surface area (Å²) in [6, 6.07) is 0. The van der Waals surface area contributed by atoms with E-state index in [-0.39, 0.29) is 36.7 Å². The third-order valence-corrected chi connectivity index (χ3v) is 5.29. The van der Waals surface area contributed by atoms with Gasteiger partial charge in [-0.25, -0.2) is 8.78 Å². The predicted molar refractivity (Wildman–Crippen MR) is 72.5 cm³/mol. The summed E-state index contributed by atoms with van der Waals surface area (Å²) in [7, 11) is 0. The zero-order chi connectivity index (χ0) is 14.8. The van der Waals surface area contributed by atoms with Crippen LogP contribution in [0.25, 0.3) is 0 Å². The molecule has 1 saturated carbocycles. The van der Waals surface area contributed by atoms with Crippen LogP contribution in [0.5, 0.6) is 0 Å². The molecule has 1 amide bonds. The maximum Gasteiger partial charge on any atom is 0.248 e. The van der Waals surface area contributed by atoms with E-state index in [1.807, 2.05) is 4.90 Å². The number of rotatable bonds is 3. The van der Waals surface area contributed by atoms with Gasteiger partial charge < -0.3 is 10.0 Å². The third kappa shape index (κ3) is 3.30. The summed E-state index contributed by atoms with van der Waals surface area (Å²) in [4.78, 5) is 14.2. The molecule has 2 fully saturated rings. The molecule has 5 heteroatoms. The topological polar surface area (TPSA) is 40.5 Å². The molecule has 0 aromatic heterocycles. The van der Waals surface area contributed by atoms with Crippen molar-refractivity contribution in [3.63, 3.8) is 0 Å². The zero-order valence-corrected chi connectivity index (χ0v) is 12.2. The number of likely N-dealkylation sites (tertiary alicyclic amines) is 1. The van der Waals surface area contributed by atoms with Gasteiger partial charge in [0.25, 0.3) is 0 Å². The fourth-order valence-electron chi connectivity index (χ4n) is 3.37. The van der Waals surface area contributed by atoms with Crippen LogP contribution in [-0.4, -0.2) is 41.5 Å². The fourth-order valence-corrected chi connectivity index (χ4v) is 3.37. The van der Waals surface area contributed by atoms with Crippen LogP contribution in [-0.2, 0) is 4.79 Å². The number of aliphatic hydroxyl groups is 1. The minimum absolute atomic E-state index is 0.0446. The molecule has 0 radical (unpaired) electrons. The second-order valence-corrected chi connectivity index (χ2v) is 6.47. The number of piperidine rings is 1. The molecule has 2 rings (SSSR count). The third-order valence-electron chi connectivity index (χ3n) is 5.29. The lowest BCUT2D eigenvalue weighted by atomic mass is 9.76. The SMILES string of the molecule is CCC1(CO)CCN(C(=O)C2CCC(F)(F)CC2)CC1. The van der Waals surface area contributed by atoms with E-state index in [9.17, 15) is 18.7 Å².